The minimum Gasteiger partial charge on any atom is -0.494 e. The van der Waals surface area contributed by atoms with Gasteiger partial charge in [-0.3, -0.25) is 9.59 Å². The minimum absolute atomic E-state index is 0.0587. The lowest BCUT2D eigenvalue weighted by Crippen LogP contribution is -2.13. The second-order valence-electron chi connectivity index (χ2n) is 4.89. The van der Waals surface area contributed by atoms with Gasteiger partial charge in [-0.25, -0.2) is 0 Å². The van der Waals surface area contributed by atoms with Crippen LogP contribution in [0.15, 0.2) is 48.5 Å². The molecule has 5 heteroatoms. The van der Waals surface area contributed by atoms with E-state index >= 15 is 0 Å². The molecular weight excluding hydrogens is 292 g/mol. The van der Waals surface area contributed by atoms with Crippen molar-refractivity contribution in [1.29, 1.82) is 0 Å². The molecular formula is C18H20N2O3. The molecule has 23 heavy (non-hydrogen) atoms. The topological polar surface area (TPSA) is 67.4 Å². The second kappa shape index (κ2) is 7.98. The Hall–Kier alpha value is -2.82. The van der Waals surface area contributed by atoms with E-state index in [1.54, 1.807) is 43.3 Å². The lowest BCUT2D eigenvalue weighted by atomic mass is 10.2. The van der Waals surface area contributed by atoms with Gasteiger partial charge in [0.25, 0.3) is 5.91 Å². The Morgan fingerprint density at radius 1 is 0.870 bits per heavy atom. The number of amides is 2. The summed E-state index contributed by atoms with van der Waals surface area (Å²) in [7, 11) is 0. The van der Waals surface area contributed by atoms with E-state index in [2.05, 4.69) is 10.6 Å². The molecule has 0 bridgehead atoms. The van der Waals surface area contributed by atoms with Crippen molar-refractivity contribution in [2.45, 2.75) is 20.3 Å². The van der Waals surface area contributed by atoms with Gasteiger partial charge in [0.2, 0.25) is 5.91 Å². The molecule has 0 atom stereocenters. The van der Waals surface area contributed by atoms with E-state index in [1.165, 1.54) is 0 Å². The highest BCUT2D eigenvalue weighted by molar-refractivity contribution is 6.04. The molecule has 0 aliphatic rings. The van der Waals surface area contributed by atoms with E-state index in [-0.39, 0.29) is 11.8 Å². The highest BCUT2D eigenvalue weighted by Gasteiger charge is 2.07. The van der Waals surface area contributed by atoms with Gasteiger partial charge >= 0.3 is 0 Å². The first-order chi connectivity index (χ1) is 11.1. The SMILES string of the molecule is CCOc1ccc(NC(=O)c2ccc(NC(=O)CC)cc2)cc1. The number of benzene rings is 2. The Morgan fingerprint density at radius 3 is 2.00 bits per heavy atom. The molecule has 0 aromatic heterocycles. The van der Waals surface area contributed by atoms with Crippen LogP contribution in [0, 0.1) is 0 Å². The molecule has 2 amide bonds. The zero-order valence-electron chi connectivity index (χ0n) is 13.3. The van der Waals surface area contributed by atoms with Gasteiger partial charge in [0.1, 0.15) is 5.75 Å². The van der Waals surface area contributed by atoms with Crippen molar-refractivity contribution in [1.82, 2.24) is 0 Å². The predicted molar refractivity (Wildman–Crippen MR) is 90.9 cm³/mol. The highest BCUT2D eigenvalue weighted by Crippen LogP contribution is 2.17. The first-order valence-corrected chi connectivity index (χ1v) is 7.56. The van der Waals surface area contributed by atoms with Crippen LogP contribution in [0.4, 0.5) is 11.4 Å². The van der Waals surface area contributed by atoms with E-state index in [0.29, 0.717) is 30.0 Å². The fourth-order valence-electron chi connectivity index (χ4n) is 1.96. The maximum Gasteiger partial charge on any atom is 0.255 e. The Morgan fingerprint density at radius 2 is 1.43 bits per heavy atom. The average Bonchev–Trinajstić information content (AvgIpc) is 2.57. The summed E-state index contributed by atoms with van der Waals surface area (Å²) in [6, 6.07) is 14.0. The molecule has 5 nitrogen and oxygen atoms in total. The van der Waals surface area contributed by atoms with E-state index < -0.39 is 0 Å². The molecule has 2 N–H and O–H groups in total. The summed E-state index contributed by atoms with van der Waals surface area (Å²) >= 11 is 0. The highest BCUT2D eigenvalue weighted by atomic mass is 16.5. The number of hydrogen-bond acceptors (Lipinski definition) is 3. The van der Waals surface area contributed by atoms with Gasteiger partial charge in [-0.05, 0) is 55.5 Å². The van der Waals surface area contributed by atoms with Gasteiger partial charge in [-0.1, -0.05) is 6.92 Å². The summed E-state index contributed by atoms with van der Waals surface area (Å²) in [6.07, 6.45) is 0.417. The standard InChI is InChI=1S/C18H20N2O3/c1-3-17(21)19-14-7-5-13(6-8-14)18(22)20-15-9-11-16(12-10-15)23-4-2/h5-12H,3-4H2,1-2H3,(H,19,21)(H,20,22). The Balaban J connectivity index is 1.98. The van der Waals surface area contributed by atoms with E-state index in [9.17, 15) is 9.59 Å². The maximum absolute atomic E-state index is 12.2. The number of rotatable bonds is 6. The van der Waals surface area contributed by atoms with E-state index in [0.717, 1.165) is 5.75 Å². The number of carbonyl (C=O) groups is 2. The molecule has 2 aromatic carbocycles. The number of anilines is 2. The summed E-state index contributed by atoms with van der Waals surface area (Å²) in [5.41, 5.74) is 1.89. The van der Waals surface area contributed by atoms with Crippen LogP contribution in [-0.2, 0) is 4.79 Å². The number of hydrogen-bond donors (Lipinski definition) is 2. The van der Waals surface area contributed by atoms with Crippen molar-refractivity contribution in [3.8, 4) is 5.75 Å². The lowest BCUT2D eigenvalue weighted by Gasteiger charge is -2.08. The molecule has 0 saturated heterocycles. The zero-order valence-corrected chi connectivity index (χ0v) is 13.3. The van der Waals surface area contributed by atoms with Crippen molar-refractivity contribution in [2.75, 3.05) is 17.2 Å². The summed E-state index contributed by atoms with van der Waals surface area (Å²) in [5, 5.41) is 5.56. The molecule has 0 saturated carbocycles. The van der Waals surface area contributed by atoms with Crippen LogP contribution in [0.25, 0.3) is 0 Å². The fourth-order valence-corrected chi connectivity index (χ4v) is 1.96. The van der Waals surface area contributed by atoms with Crippen molar-refractivity contribution in [3.63, 3.8) is 0 Å². The molecule has 0 aliphatic carbocycles. The minimum atomic E-state index is -0.206. The van der Waals surface area contributed by atoms with Crippen molar-refractivity contribution < 1.29 is 14.3 Å². The summed E-state index contributed by atoms with van der Waals surface area (Å²) in [4.78, 5) is 23.5. The summed E-state index contributed by atoms with van der Waals surface area (Å²) in [5.74, 6) is 0.501. The van der Waals surface area contributed by atoms with Crippen molar-refractivity contribution in [3.05, 3.63) is 54.1 Å². The van der Waals surface area contributed by atoms with Gasteiger partial charge < -0.3 is 15.4 Å². The first kappa shape index (κ1) is 16.5. The van der Waals surface area contributed by atoms with Crippen LogP contribution in [0.3, 0.4) is 0 Å². The van der Waals surface area contributed by atoms with Gasteiger partial charge in [-0.15, -0.1) is 0 Å². The largest absolute Gasteiger partial charge is 0.494 e. The van der Waals surface area contributed by atoms with Crippen LogP contribution in [0.5, 0.6) is 5.75 Å². The van der Waals surface area contributed by atoms with Crippen molar-refractivity contribution in [2.24, 2.45) is 0 Å². The molecule has 2 rings (SSSR count). The smallest absolute Gasteiger partial charge is 0.255 e. The van der Waals surface area contributed by atoms with E-state index in [4.69, 9.17) is 4.74 Å². The van der Waals surface area contributed by atoms with Crippen molar-refractivity contribution >= 4 is 23.2 Å². The average molecular weight is 312 g/mol. The third-order valence-electron chi connectivity index (χ3n) is 3.18. The molecule has 0 fully saturated rings. The molecule has 0 heterocycles. The number of ether oxygens (including phenoxy) is 1. The molecule has 2 aromatic rings. The predicted octanol–water partition coefficient (Wildman–Crippen LogP) is 3.69. The Kier molecular flexibility index (Phi) is 5.74. The molecule has 0 radical (unpaired) electrons. The van der Waals surface area contributed by atoms with Gasteiger partial charge in [-0.2, -0.15) is 0 Å². The number of nitrogens with one attached hydrogen (secondary N) is 2. The quantitative estimate of drug-likeness (QED) is 0.855. The maximum atomic E-state index is 12.2. The van der Waals surface area contributed by atoms with Crippen LogP contribution in [0.2, 0.25) is 0 Å². The fraction of sp³-hybridized carbons (Fsp3) is 0.222. The Bertz CT molecular complexity index is 664. The second-order valence-corrected chi connectivity index (χ2v) is 4.89. The number of carbonyl (C=O) groups excluding carboxylic acids is 2. The molecule has 120 valence electrons. The van der Waals surface area contributed by atoms with Crippen LogP contribution in [-0.4, -0.2) is 18.4 Å². The van der Waals surface area contributed by atoms with Crippen LogP contribution in [0.1, 0.15) is 30.6 Å². The molecule has 0 spiro atoms. The summed E-state index contributed by atoms with van der Waals surface area (Å²) < 4.78 is 5.36. The molecule has 0 aliphatic heterocycles. The first-order valence-electron chi connectivity index (χ1n) is 7.56. The van der Waals surface area contributed by atoms with Crippen LogP contribution >= 0.6 is 0 Å². The monoisotopic (exact) mass is 312 g/mol. The lowest BCUT2D eigenvalue weighted by molar-refractivity contribution is -0.115. The molecule has 0 unspecified atom stereocenters. The van der Waals surface area contributed by atoms with Crippen LogP contribution < -0.4 is 15.4 Å². The van der Waals surface area contributed by atoms with Gasteiger partial charge in [0.05, 0.1) is 6.61 Å². The zero-order chi connectivity index (χ0) is 16.7. The summed E-state index contributed by atoms with van der Waals surface area (Å²) in [6.45, 7) is 4.31. The van der Waals surface area contributed by atoms with Gasteiger partial charge in [0, 0.05) is 23.4 Å². The Labute approximate surface area is 135 Å². The normalized spacial score (nSPS) is 10.0. The van der Waals surface area contributed by atoms with E-state index in [1.807, 2.05) is 19.1 Å². The van der Waals surface area contributed by atoms with Gasteiger partial charge in [0.15, 0.2) is 0 Å². The third-order valence-corrected chi connectivity index (χ3v) is 3.18. The third kappa shape index (κ3) is 4.85.